The summed E-state index contributed by atoms with van der Waals surface area (Å²) in [6.07, 6.45) is 0. The Kier molecular flexibility index (Phi) is 4.59. The van der Waals surface area contributed by atoms with E-state index in [1.165, 1.54) is 16.2 Å². The molecule has 1 fully saturated rings. The number of amides is 3. The lowest BCUT2D eigenvalue weighted by molar-refractivity contribution is -0.120. The molecule has 2 heterocycles. The average Bonchev–Trinajstić information content (AvgIpc) is 3.02. The number of urea groups is 1. The summed E-state index contributed by atoms with van der Waals surface area (Å²) in [5.74, 6) is -0.0281. The van der Waals surface area contributed by atoms with Crippen LogP contribution in [0.2, 0.25) is 5.02 Å². The topological polar surface area (TPSA) is 85.8 Å². The highest BCUT2D eigenvalue weighted by Crippen LogP contribution is 2.29. The summed E-state index contributed by atoms with van der Waals surface area (Å²) in [6, 6.07) is 11.5. The highest BCUT2D eigenvalue weighted by atomic mass is 35.5. The molecule has 138 valence electrons. The number of carbonyl (C=O) groups excluding carboxylic acids is 2. The van der Waals surface area contributed by atoms with Crippen LogP contribution in [0.3, 0.4) is 0 Å². The fourth-order valence-corrected chi connectivity index (χ4v) is 3.97. The fraction of sp³-hybridized carbons (Fsp3) is 0.167. The predicted octanol–water partition coefficient (Wildman–Crippen LogP) is 3.54. The Labute approximate surface area is 163 Å². The predicted molar refractivity (Wildman–Crippen MR) is 106 cm³/mol. The van der Waals surface area contributed by atoms with Gasteiger partial charge in [0.1, 0.15) is 12.3 Å². The second-order valence-corrected chi connectivity index (χ2v) is 7.52. The van der Waals surface area contributed by atoms with Gasteiger partial charge in [0, 0.05) is 23.8 Å². The van der Waals surface area contributed by atoms with Crippen molar-refractivity contribution in [1.29, 1.82) is 0 Å². The van der Waals surface area contributed by atoms with Crippen LogP contribution < -0.4 is 10.2 Å². The van der Waals surface area contributed by atoms with E-state index in [0.29, 0.717) is 28.8 Å². The number of hydrogen-bond donors (Lipinski definition) is 2. The maximum absolute atomic E-state index is 12.5. The summed E-state index contributed by atoms with van der Waals surface area (Å²) in [4.78, 5) is 32.4. The van der Waals surface area contributed by atoms with Crippen molar-refractivity contribution in [1.82, 2.24) is 9.88 Å². The van der Waals surface area contributed by atoms with E-state index < -0.39 is 0 Å². The van der Waals surface area contributed by atoms with Gasteiger partial charge in [-0.05, 0) is 36.4 Å². The molecule has 1 saturated heterocycles. The SMILES string of the molecule is O=C(Nc1nc2ccc(O)cc2s1)N1CCN(c2cccc(Cl)c2)C(=O)C1. The lowest BCUT2D eigenvalue weighted by Crippen LogP contribution is -2.53. The van der Waals surface area contributed by atoms with Crippen molar-refractivity contribution >= 4 is 55.9 Å². The molecule has 9 heteroatoms. The summed E-state index contributed by atoms with van der Waals surface area (Å²) in [5.41, 5.74) is 1.41. The minimum atomic E-state index is -0.377. The number of phenols is 1. The largest absolute Gasteiger partial charge is 0.508 e. The molecule has 3 amide bonds. The van der Waals surface area contributed by atoms with Crippen molar-refractivity contribution in [3.05, 3.63) is 47.5 Å². The van der Waals surface area contributed by atoms with Gasteiger partial charge in [-0.2, -0.15) is 0 Å². The Morgan fingerprint density at radius 2 is 2.07 bits per heavy atom. The maximum atomic E-state index is 12.5. The molecule has 0 aliphatic carbocycles. The van der Waals surface area contributed by atoms with E-state index in [0.717, 1.165) is 10.4 Å². The summed E-state index contributed by atoms with van der Waals surface area (Å²) in [7, 11) is 0. The van der Waals surface area contributed by atoms with Crippen LogP contribution in [-0.4, -0.2) is 46.6 Å². The number of nitrogens with zero attached hydrogens (tertiary/aromatic N) is 3. The lowest BCUT2D eigenvalue weighted by atomic mass is 10.2. The molecule has 0 spiro atoms. The normalized spacial score (nSPS) is 14.6. The first kappa shape index (κ1) is 17.6. The van der Waals surface area contributed by atoms with Crippen LogP contribution in [0.5, 0.6) is 5.75 Å². The van der Waals surface area contributed by atoms with Crippen LogP contribution in [0, 0.1) is 0 Å². The van der Waals surface area contributed by atoms with Gasteiger partial charge >= 0.3 is 6.03 Å². The van der Waals surface area contributed by atoms with Crippen LogP contribution in [-0.2, 0) is 4.79 Å². The first-order valence-electron chi connectivity index (χ1n) is 8.21. The quantitative estimate of drug-likeness (QED) is 0.686. The monoisotopic (exact) mass is 402 g/mol. The van der Waals surface area contributed by atoms with E-state index in [-0.39, 0.29) is 24.2 Å². The van der Waals surface area contributed by atoms with Crippen molar-refractivity contribution in [3.8, 4) is 5.75 Å². The number of aromatic nitrogens is 1. The molecule has 1 aliphatic heterocycles. The van der Waals surface area contributed by atoms with Crippen LogP contribution >= 0.6 is 22.9 Å². The number of thiazole rings is 1. The van der Waals surface area contributed by atoms with Gasteiger partial charge in [-0.1, -0.05) is 29.0 Å². The third-order valence-corrected chi connectivity index (χ3v) is 5.38. The van der Waals surface area contributed by atoms with Gasteiger partial charge < -0.3 is 14.9 Å². The average molecular weight is 403 g/mol. The van der Waals surface area contributed by atoms with Gasteiger partial charge in [0.2, 0.25) is 5.91 Å². The number of anilines is 2. The van der Waals surface area contributed by atoms with E-state index in [1.54, 1.807) is 41.3 Å². The molecule has 0 saturated carbocycles. The third-order valence-electron chi connectivity index (χ3n) is 4.21. The molecule has 1 aromatic heterocycles. The highest BCUT2D eigenvalue weighted by molar-refractivity contribution is 7.22. The number of hydrogen-bond acceptors (Lipinski definition) is 5. The minimum absolute atomic E-state index is 0.0238. The van der Waals surface area contributed by atoms with Gasteiger partial charge in [0.15, 0.2) is 5.13 Å². The zero-order chi connectivity index (χ0) is 19.0. The molecule has 0 atom stereocenters. The number of rotatable bonds is 2. The second kappa shape index (κ2) is 7.05. The first-order chi connectivity index (χ1) is 13.0. The van der Waals surface area contributed by atoms with Gasteiger partial charge in [0.05, 0.1) is 10.2 Å². The van der Waals surface area contributed by atoms with E-state index >= 15 is 0 Å². The number of piperazine rings is 1. The van der Waals surface area contributed by atoms with Crippen molar-refractivity contribution < 1.29 is 14.7 Å². The van der Waals surface area contributed by atoms with Crippen LogP contribution in [0.1, 0.15) is 0 Å². The number of nitrogens with one attached hydrogen (secondary N) is 1. The molecule has 0 unspecified atom stereocenters. The Morgan fingerprint density at radius 1 is 1.22 bits per heavy atom. The molecule has 3 aromatic rings. The number of aromatic hydroxyl groups is 1. The van der Waals surface area contributed by atoms with E-state index in [1.807, 2.05) is 6.07 Å². The summed E-state index contributed by atoms with van der Waals surface area (Å²) in [6.45, 7) is 0.764. The standard InChI is InChI=1S/C18H15ClN4O3S/c19-11-2-1-3-12(8-11)23-7-6-22(10-16(23)25)18(26)21-17-20-14-5-4-13(24)9-15(14)27-17/h1-5,8-9,24H,6-7,10H2,(H,20,21,26). The van der Waals surface area contributed by atoms with Crippen molar-refractivity contribution in [2.45, 2.75) is 0 Å². The van der Waals surface area contributed by atoms with E-state index in [4.69, 9.17) is 11.6 Å². The number of halogens is 1. The lowest BCUT2D eigenvalue weighted by Gasteiger charge is -2.34. The van der Waals surface area contributed by atoms with Crippen molar-refractivity contribution in [2.75, 3.05) is 29.9 Å². The minimum Gasteiger partial charge on any atom is -0.508 e. The number of fused-ring (bicyclic) bond motifs is 1. The summed E-state index contributed by atoms with van der Waals surface area (Å²) >= 11 is 7.25. The van der Waals surface area contributed by atoms with Crippen molar-refractivity contribution in [3.63, 3.8) is 0 Å². The third kappa shape index (κ3) is 3.67. The number of carbonyl (C=O) groups is 2. The Bertz CT molecular complexity index is 1040. The number of phenolic OH excluding ortho intramolecular Hbond substituents is 1. The van der Waals surface area contributed by atoms with Crippen LogP contribution in [0.4, 0.5) is 15.6 Å². The van der Waals surface area contributed by atoms with Gasteiger partial charge in [-0.15, -0.1) is 0 Å². The van der Waals surface area contributed by atoms with Gasteiger partial charge in [-0.3, -0.25) is 10.1 Å². The first-order valence-corrected chi connectivity index (χ1v) is 9.40. The van der Waals surface area contributed by atoms with Crippen molar-refractivity contribution in [2.24, 2.45) is 0 Å². The second-order valence-electron chi connectivity index (χ2n) is 6.05. The van der Waals surface area contributed by atoms with E-state index in [9.17, 15) is 14.7 Å². The summed E-state index contributed by atoms with van der Waals surface area (Å²) in [5, 5.41) is 13.2. The molecule has 27 heavy (non-hydrogen) atoms. The summed E-state index contributed by atoms with van der Waals surface area (Å²) < 4.78 is 0.771. The number of benzene rings is 2. The fourth-order valence-electron chi connectivity index (χ4n) is 2.90. The Morgan fingerprint density at radius 3 is 2.85 bits per heavy atom. The zero-order valence-electron chi connectivity index (χ0n) is 14.1. The smallest absolute Gasteiger partial charge is 0.324 e. The van der Waals surface area contributed by atoms with E-state index in [2.05, 4.69) is 10.3 Å². The van der Waals surface area contributed by atoms with Gasteiger partial charge in [0.25, 0.3) is 0 Å². The zero-order valence-corrected chi connectivity index (χ0v) is 15.6. The molecule has 0 radical (unpaired) electrons. The van der Waals surface area contributed by atoms with Crippen LogP contribution in [0.25, 0.3) is 10.2 Å². The molecular weight excluding hydrogens is 388 g/mol. The van der Waals surface area contributed by atoms with Gasteiger partial charge in [-0.25, -0.2) is 9.78 Å². The Hall–Kier alpha value is -2.84. The Balaban J connectivity index is 1.43. The molecule has 2 N–H and O–H groups in total. The maximum Gasteiger partial charge on any atom is 0.324 e. The molecule has 0 bridgehead atoms. The molecule has 1 aliphatic rings. The molecule has 2 aromatic carbocycles. The molecular formula is C18H15ClN4O3S. The molecule has 4 rings (SSSR count). The molecule has 7 nitrogen and oxygen atoms in total. The van der Waals surface area contributed by atoms with Crippen LogP contribution in [0.15, 0.2) is 42.5 Å². The highest BCUT2D eigenvalue weighted by Gasteiger charge is 2.28.